The highest BCUT2D eigenvalue weighted by molar-refractivity contribution is 5.71. The third-order valence-electron chi connectivity index (χ3n) is 11.7. The Labute approximate surface area is 431 Å². The number of hydrogen-bond donors (Lipinski definition) is 0. The summed E-state index contributed by atoms with van der Waals surface area (Å²) in [5, 5.41) is 0. The van der Waals surface area contributed by atoms with E-state index in [9.17, 15) is 14.4 Å². The van der Waals surface area contributed by atoms with Crippen LogP contribution in [-0.2, 0) is 28.6 Å². The topological polar surface area (TPSA) is 78.9 Å². The highest BCUT2D eigenvalue weighted by atomic mass is 16.6. The van der Waals surface area contributed by atoms with Gasteiger partial charge in [0.25, 0.3) is 0 Å². The molecule has 0 aliphatic heterocycles. The Morgan fingerprint density at radius 1 is 0.300 bits per heavy atom. The van der Waals surface area contributed by atoms with E-state index < -0.39 is 6.10 Å². The summed E-state index contributed by atoms with van der Waals surface area (Å²) in [6, 6.07) is 0. The van der Waals surface area contributed by atoms with Crippen molar-refractivity contribution >= 4 is 17.9 Å². The maximum Gasteiger partial charge on any atom is 0.306 e. The molecule has 396 valence electrons. The van der Waals surface area contributed by atoms with Gasteiger partial charge in [-0.15, -0.1) is 0 Å². The van der Waals surface area contributed by atoms with Gasteiger partial charge in [0.2, 0.25) is 0 Å². The zero-order chi connectivity index (χ0) is 50.7. The molecule has 0 N–H and O–H groups in total. The van der Waals surface area contributed by atoms with Gasteiger partial charge in [-0.2, -0.15) is 0 Å². The number of hydrogen-bond acceptors (Lipinski definition) is 6. The minimum Gasteiger partial charge on any atom is -0.462 e. The molecule has 0 saturated carbocycles. The van der Waals surface area contributed by atoms with Crippen LogP contribution in [0.5, 0.6) is 0 Å². The van der Waals surface area contributed by atoms with Gasteiger partial charge in [-0.25, -0.2) is 0 Å². The minimum atomic E-state index is -0.807. The Morgan fingerprint density at radius 2 is 0.557 bits per heavy atom. The van der Waals surface area contributed by atoms with Crippen LogP contribution in [0, 0.1) is 0 Å². The fraction of sp³-hybridized carbons (Fsp3) is 0.641. The van der Waals surface area contributed by atoms with Crippen LogP contribution < -0.4 is 0 Å². The molecule has 1 atom stereocenters. The van der Waals surface area contributed by atoms with E-state index in [1.165, 1.54) is 44.9 Å². The summed E-state index contributed by atoms with van der Waals surface area (Å²) in [6.07, 6.45) is 78.9. The number of carbonyl (C=O) groups excluding carboxylic acids is 3. The van der Waals surface area contributed by atoms with E-state index in [4.69, 9.17) is 14.2 Å². The largest absolute Gasteiger partial charge is 0.462 e. The lowest BCUT2D eigenvalue weighted by molar-refractivity contribution is -0.167. The van der Waals surface area contributed by atoms with Crippen LogP contribution in [0.15, 0.2) is 122 Å². The quantitative estimate of drug-likeness (QED) is 0.0262. The van der Waals surface area contributed by atoms with Crippen molar-refractivity contribution in [2.45, 2.75) is 252 Å². The lowest BCUT2D eigenvalue weighted by atomic mass is 10.1. The average Bonchev–Trinajstić information content (AvgIpc) is 3.36. The molecule has 0 aliphatic carbocycles. The standard InChI is InChI=1S/C64H104O6/c1-4-7-10-13-16-19-22-25-28-31-32-34-36-39-42-45-48-51-54-57-63(66)69-60-61(59-68-62(65)56-53-50-47-44-41-38-35-30-27-24-21-18-15-12-9-6-3)70-64(67)58-55-52-49-46-43-40-37-33-29-26-23-20-17-14-11-8-5-2/h7-8,10-11,16-17,19-21,24-26,28-30,32,34-35,37,40,61H,4-6,9,12-15,18,22-23,27,31,33,36,38-39,41-60H2,1-3H3/b10-7-,11-8-,19-16-,20-17-,24-21-,28-25-,29-26-,34-32-,35-30-,40-37-. The number of ether oxygens (including phenoxy) is 3. The van der Waals surface area contributed by atoms with Crippen molar-refractivity contribution in [2.24, 2.45) is 0 Å². The van der Waals surface area contributed by atoms with E-state index in [-0.39, 0.29) is 37.5 Å². The lowest BCUT2D eigenvalue weighted by Gasteiger charge is -2.18. The fourth-order valence-electron chi connectivity index (χ4n) is 7.45. The normalized spacial score (nSPS) is 13.0. The number of carbonyl (C=O) groups is 3. The second-order valence-electron chi connectivity index (χ2n) is 18.4. The lowest BCUT2D eigenvalue weighted by Crippen LogP contribution is -2.30. The first-order valence-electron chi connectivity index (χ1n) is 28.5. The van der Waals surface area contributed by atoms with Crippen LogP contribution in [0.1, 0.15) is 245 Å². The van der Waals surface area contributed by atoms with Gasteiger partial charge in [0, 0.05) is 19.3 Å². The Morgan fingerprint density at radius 3 is 0.871 bits per heavy atom. The molecule has 0 rings (SSSR count). The molecule has 0 radical (unpaired) electrons. The van der Waals surface area contributed by atoms with Crippen LogP contribution in [0.2, 0.25) is 0 Å². The summed E-state index contributed by atoms with van der Waals surface area (Å²) in [6.45, 7) is 6.35. The van der Waals surface area contributed by atoms with Crippen molar-refractivity contribution in [2.75, 3.05) is 13.2 Å². The Kier molecular flexibility index (Phi) is 54.0. The molecule has 70 heavy (non-hydrogen) atoms. The number of unbranched alkanes of at least 4 members (excludes halogenated alkanes) is 19. The zero-order valence-corrected chi connectivity index (χ0v) is 45.2. The summed E-state index contributed by atoms with van der Waals surface area (Å²) < 4.78 is 16.8. The second-order valence-corrected chi connectivity index (χ2v) is 18.4. The molecule has 0 bridgehead atoms. The highest BCUT2D eigenvalue weighted by Crippen LogP contribution is 2.13. The van der Waals surface area contributed by atoms with Gasteiger partial charge in [0.15, 0.2) is 6.10 Å². The summed E-state index contributed by atoms with van der Waals surface area (Å²) in [5.41, 5.74) is 0. The molecule has 0 aliphatic rings. The van der Waals surface area contributed by atoms with E-state index in [1.54, 1.807) is 0 Å². The van der Waals surface area contributed by atoms with Gasteiger partial charge in [-0.1, -0.05) is 219 Å². The zero-order valence-electron chi connectivity index (χ0n) is 45.2. The number of allylic oxidation sites excluding steroid dienone is 20. The van der Waals surface area contributed by atoms with Gasteiger partial charge in [0.05, 0.1) is 0 Å². The molecule has 0 saturated heterocycles. The first-order chi connectivity index (χ1) is 34.5. The highest BCUT2D eigenvalue weighted by Gasteiger charge is 2.19. The molecule has 0 fully saturated rings. The molecular weight excluding hydrogens is 865 g/mol. The number of esters is 3. The molecule has 1 unspecified atom stereocenters. The van der Waals surface area contributed by atoms with Gasteiger partial charge in [-0.3, -0.25) is 14.4 Å². The number of rotatable bonds is 50. The predicted octanol–water partition coefficient (Wildman–Crippen LogP) is 19.3. The predicted molar refractivity (Wildman–Crippen MR) is 302 cm³/mol. The van der Waals surface area contributed by atoms with Crippen LogP contribution in [0.4, 0.5) is 0 Å². The van der Waals surface area contributed by atoms with Crippen molar-refractivity contribution in [1.29, 1.82) is 0 Å². The molecule has 0 heterocycles. The van der Waals surface area contributed by atoms with Gasteiger partial charge >= 0.3 is 17.9 Å². The third kappa shape index (κ3) is 54.7. The van der Waals surface area contributed by atoms with E-state index in [0.29, 0.717) is 12.8 Å². The van der Waals surface area contributed by atoms with Crippen molar-refractivity contribution in [1.82, 2.24) is 0 Å². The van der Waals surface area contributed by atoms with Gasteiger partial charge in [0.1, 0.15) is 13.2 Å². The minimum absolute atomic E-state index is 0.103. The van der Waals surface area contributed by atoms with Gasteiger partial charge in [-0.05, 0) is 128 Å². The van der Waals surface area contributed by atoms with E-state index in [1.807, 2.05) is 0 Å². The summed E-state index contributed by atoms with van der Waals surface area (Å²) >= 11 is 0. The first-order valence-corrected chi connectivity index (χ1v) is 28.5. The summed E-state index contributed by atoms with van der Waals surface area (Å²) in [5.74, 6) is -0.956. The maximum atomic E-state index is 12.9. The summed E-state index contributed by atoms with van der Waals surface area (Å²) in [4.78, 5) is 38.2. The van der Waals surface area contributed by atoms with E-state index in [2.05, 4.69) is 142 Å². The van der Waals surface area contributed by atoms with Crippen molar-refractivity contribution in [3.63, 3.8) is 0 Å². The molecule has 6 nitrogen and oxygen atoms in total. The molecule has 6 heteroatoms. The average molecular weight is 970 g/mol. The molecular formula is C64H104O6. The van der Waals surface area contributed by atoms with Gasteiger partial charge < -0.3 is 14.2 Å². The van der Waals surface area contributed by atoms with Crippen LogP contribution in [-0.4, -0.2) is 37.2 Å². The van der Waals surface area contributed by atoms with E-state index >= 15 is 0 Å². The van der Waals surface area contributed by atoms with Crippen LogP contribution in [0.25, 0.3) is 0 Å². The van der Waals surface area contributed by atoms with Crippen molar-refractivity contribution < 1.29 is 28.6 Å². The Hall–Kier alpha value is -4.19. The van der Waals surface area contributed by atoms with Crippen molar-refractivity contribution in [3.8, 4) is 0 Å². The molecule has 0 aromatic rings. The van der Waals surface area contributed by atoms with Crippen LogP contribution in [0.3, 0.4) is 0 Å². The second kappa shape index (κ2) is 57.4. The molecule has 0 aromatic carbocycles. The SMILES string of the molecule is CC/C=C\C/C=C\C/C=C\C/C=C\CCCCCCCCC(=O)OCC(COC(=O)CCCCCCC/C=C\C/C=C\CCCCCC)OC(=O)CCCCCC/C=C\C/C=C\C/C=C\C/C=C\CC. The fourth-order valence-corrected chi connectivity index (χ4v) is 7.45. The Bertz CT molecular complexity index is 1490. The first kappa shape index (κ1) is 65.8. The molecule has 0 aromatic heterocycles. The third-order valence-corrected chi connectivity index (χ3v) is 11.7. The van der Waals surface area contributed by atoms with Crippen LogP contribution >= 0.6 is 0 Å². The summed E-state index contributed by atoms with van der Waals surface area (Å²) in [7, 11) is 0. The molecule has 0 amide bonds. The van der Waals surface area contributed by atoms with E-state index in [0.717, 1.165) is 161 Å². The monoisotopic (exact) mass is 969 g/mol. The van der Waals surface area contributed by atoms with Crippen molar-refractivity contribution in [3.05, 3.63) is 122 Å². The molecule has 0 spiro atoms. The maximum absolute atomic E-state index is 12.9. The smallest absolute Gasteiger partial charge is 0.306 e. The Balaban J connectivity index is 4.50.